The lowest BCUT2D eigenvalue weighted by Crippen LogP contribution is -2.26. The minimum atomic E-state index is -2.72. The third-order valence-electron chi connectivity index (χ3n) is 3.92. The van der Waals surface area contributed by atoms with Crippen LogP contribution in [-0.4, -0.2) is 41.8 Å². The number of alkyl halides is 2. The molecule has 0 saturated carbocycles. The summed E-state index contributed by atoms with van der Waals surface area (Å²) < 4.78 is 26.6. The number of hydrogen-bond donors (Lipinski definition) is 2. The van der Waals surface area contributed by atoms with Crippen LogP contribution in [0.1, 0.15) is 30.6 Å². The zero-order valence-corrected chi connectivity index (χ0v) is 15.4. The normalized spacial score (nSPS) is 12.0. The van der Waals surface area contributed by atoms with E-state index in [1.54, 1.807) is 18.2 Å². The molecule has 0 saturated heterocycles. The number of carbonyl (C=O) groups is 2. The largest absolute Gasteiger partial charge is 0.479 e. The van der Waals surface area contributed by atoms with Gasteiger partial charge >= 0.3 is 5.97 Å². The quantitative estimate of drug-likeness (QED) is 0.578. The Balaban J connectivity index is 1.91. The maximum absolute atomic E-state index is 12.8. The molecule has 0 spiro atoms. The molecule has 0 aliphatic carbocycles. The number of hydrogen-bond acceptors (Lipinski definition) is 7. The highest BCUT2D eigenvalue weighted by molar-refractivity contribution is 5.98. The van der Waals surface area contributed by atoms with E-state index in [9.17, 15) is 23.5 Å². The van der Waals surface area contributed by atoms with Gasteiger partial charge in [0.05, 0.1) is 6.20 Å². The van der Waals surface area contributed by atoms with Gasteiger partial charge in [0.2, 0.25) is 12.0 Å². The molecule has 11 heteroatoms. The van der Waals surface area contributed by atoms with Crippen molar-refractivity contribution < 1.29 is 23.5 Å². The van der Waals surface area contributed by atoms with Crippen molar-refractivity contribution in [1.29, 1.82) is 0 Å². The number of anilines is 2. The number of aliphatic carboxylic acids is 1. The Hall–Kier alpha value is -3.76. The number of aryl methyl sites for hydroxylation is 1. The van der Waals surface area contributed by atoms with Crippen molar-refractivity contribution in [3.63, 3.8) is 0 Å². The Morgan fingerprint density at radius 2 is 2.00 bits per heavy atom. The summed E-state index contributed by atoms with van der Waals surface area (Å²) in [6.45, 7) is 2.97. The Labute approximate surface area is 163 Å². The van der Waals surface area contributed by atoms with E-state index in [0.29, 0.717) is 16.9 Å². The summed E-state index contributed by atoms with van der Waals surface area (Å²) in [6, 6.07) is 4.85. The topological polar surface area (TPSA) is 123 Å². The van der Waals surface area contributed by atoms with Crippen LogP contribution in [-0.2, 0) is 9.59 Å². The summed E-state index contributed by atoms with van der Waals surface area (Å²) >= 11 is 0. The molecule has 1 unspecified atom stereocenters. The fourth-order valence-electron chi connectivity index (χ4n) is 2.70. The number of nitrogens with zero attached hydrogens (tertiary/aromatic N) is 5. The van der Waals surface area contributed by atoms with Crippen molar-refractivity contribution in [2.75, 3.05) is 5.32 Å². The molecule has 29 heavy (non-hydrogen) atoms. The van der Waals surface area contributed by atoms with Crippen LogP contribution in [0.2, 0.25) is 0 Å². The van der Waals surface area contributed by atoms with E-state index in [-0.39, 0.29) is 5.95 Å². The molecule has 3 aromatic rings. The molecule has 2 aromatic heterocycles. The maximum atomic E-state index is 12.8. The van der Waals surface area contributed by atoms with Crippen molar-refractivity contribution in [1.82, 2.24) is 25.0 Å². The number of ketones is 1. The fourth-order valence-corrected chi connectivity index (χ4v) is 2.70. The number of benzene rings is 1. The molecule has 0 radical (unpaired) electrons. The van der Waals surface area contributed by atoms with E-state index in [1.165, 1.54) is 12.4 Å². The van der Waals surface area contributed by atoms with Gasteiger partial charge in [-0.1, -0.05) is 5.21 Å². The molecule has 150 valence electrons. The maximum Gasteiger partial charge on any atom is 0.336 e. The number of rotatable bonds is 7. The third kappa shape index (κ3) is 4.57. The smallest absolute Gasteiger partial charge is 0.336 e. The van der Waals surface area contributed by atoms with Gasteiger partial charge in [0.25, 0.3) is 6.43 Å². The molecular weight excluding hydrogens is 386 g/mol. The van der Waals surface area contributed by atoms with Crippen LogP contribution >= 0.6 is 0 Å². The number of nitrogens with one attached hydrogen (secondary N) is 1. The Bertz CT molecular complexity index is 1060. The minimum absolute atomic E-state index is 0.00512. The molecule has 0 amide bonds. The Kier molecular flexibility index (Phi) is 5.57. The zero-order chi connectivity index (χ0) is 21.1. The standard InChI is InChI=1S/C18H16F2N6O3/c1-9-5-11(14-8-26(25-24-14)15(10(2)27)17(28)29)7-12(6-9)22-18-21-4-3-13(23-18)16(19)20/h3-8,15-16H,1-2H3,(H,28,29)(H,21,22,23). The van der Waals surface area contributed by atoms with Gasteiger partial charge in [0.15, 0.2) is 5.78 Å². The second-order valence-corrected chi connectivity index (χ2v) is 6.25. The highest BCUT2D eigenvalue weighted by Gasteiger charge is 2.26. The first-order chi connectivity index (χ1) is 13.7. The van der Waals surface area contributed by atoms with E-state index in [1.807, 2.05) is 6.92 Å². The highest BCUT2D eigenvalue weighted by atomic mass is 19.3. The lowest BCUT2D eigenvalue weighted by molar-refractivity contribution is -0.145. The molecule has 0 aliphatic rings. The SMILES string of the molecule is CC(=O)C(C(=O)O)n1cc(-c2cc(C)cc(Nc3nccc(C(F)F)n3)c2)nn1. The Morgan fingerprint density at radius 3 is 2.66 bits per heavy atom. The van der Waals surface area contributed by atoms with Crippen LogP contribution in [0.3, 0.4) is 0 Å². The van der Waals surface area contributed by atoms with Crippen LogP contribution in [0, 0.1) is 6.92 Å². The molecule has 9 nitrogen and oxygen atoms in total. The molecule has 0 fully saturated rings. The number of carbonyl (C=O) groups excluding carboxylic acids is 1. The summed E-state index contributed by atoms with van der Waals surface area (Å²) in [6.07, 6.45) is -0.135. The summed E-state index contributed by atoms with van der Waals surface area (Å²) in [5.74, 6) is -1.92. The van der Waals surface area contributed by atoms with Crippen LogP contribution in [0.4, 0.5) is 20.4 Å². The average molecular weight is 402 g/mol. The van der Waals surface area contributed by atoms with Gasteiger partial charge in [-0.3, -0.25) is 4.79 Å². The van der Waals surface area contributed by atoms with Crippen molar-refractivity contribution in [2.24, 2.45) is 0 Å². The lowest BCUT2D eigenvalue weighted by atomic mass is 10.1. The van der Waals surface area contributed by atoms with Crippen LogP contribution in [0.5, 0.6) is 0 Å². The molecular formula is C18H16F2N6O3. The second kappa shape index (κ2) is 8.09. The highest BCUT2D eigenvalue weighted by Crippen LogP contribution is 2.26. The number of carboxylic acids is 1. The van der Waals surface area contributed by atoms with Crippen molar-refractivity contribution in [3.05, 3.63) is 47.9 Å². The van der Waals surface area contributed by atoms with Gasteiger partial charge in [0, 0.05) is 17.4 Å². The van der Waals surface area contributed by atoms with E-state index in [2.05, 4.69) is 25.6 Å². The van der Waals surface area contributed by atoms with Crippen LogP contribution in [0.15, 0.2) is 36.7 Å². The van der Waals surface area contributed by atoms with Gasteiger partial charge in [-0.25, -0.2) is 28.2 Å². The summed E-state index contributed by atoms with van der Waals surface area (Å²) in [5, 5.41) is 19.7. The van der Waals surface area contributed by atoms with Gasteiger partial charge < -0.3 is 10.4 Å². The molecule has 3 rings (SSSR count). The molecule has 2 N–H and O–H groups in total. The zero-order valence-electron chi connectivity index (χ0n) is 15.4. The van der Waals surface area contributed by atoms with Gasteiger partial charge in [-0.15, -0.1) is 5.10 Å². The molecule has 1 aromatic carbocycles. The molecule has 1 atom stereocenters. The van der Waals surface area contributed by atoms with Crippen molar-refractivity contribution in [3.8, 4) is 11.3 Å². The van der Waals surface area contributed by atoms with E-state index in [0.717, 1.165) is 23.2 Å². The minimum Gasteiger partial charge on any atom is -0.479 e. The first-order valence-electron chi connectivity index (χ1n) is 8.40. The van der Waals surface area contributed by atoms with Crippen molar-refractivity contribution >= 4 is 23.4 Å². The molecule has 0 bridgehead atoms. The first kappa shape index (κ1) is 20.0. The molecule has 2 heterocycles. The predicted octanol–water partition coefficient (Wildman–Crippen LogP) is 2.94. The van der Waals surface area contributed by atoms with Crippen LogP contribution < -0.4 is 5.32 Å². The number of aromatic nitrogens is 5. The second-order valence-electron chi connectivity index (χ2n) is 6.25. The number of Topliss-reactive ketones (excluding diaryl/α,β-unsaturated/α-hetero) is 1. The van der Waals surface area contributed by atoms with E-state index < -0.39 is 29.9 Å². The van der Waals surface area contributed by atoms with Gasteiger partial charge in [-0.2, -0.15) is 0 Å². The van der Waals surface area contributed by atoms with Crippen molar-refractivity contribution in [2.45, 2.75) is 26.3 Å². The lowest BCUT2D eigenvalue weighted by Gasteiger charge is -2.09. The average Bonchev–Trinajstić information content (AvgIpc) is 3.10. The first-order valence-corrected chi connectivity index (χ1v) is 8.40. The fraction of sp³-hybridized carbons (Fsp3) is 0.222. The van der Waals surface area contributed by atoms with Crippen LogP contribution in [0.25, 0.3) is 11.3 Å². The Morgan fingerprint density at radius 1 is 1.24 bits per heavy atom. The third-order valence-corrected chi connectivity index (χ3v) is 3.92. The predicted molar refractivity (Wildman–Crippen MR) is 97.8 cm³/mol. The summed E-state index contributed by atoms with van der Waals surface area (Å²) in [5.41, 5.74) is 1.85. The number of halogens is 2. The summed E-state index contributed by atoms with van der Waals surface area (Å²) in [4.78, 5) is 30.5. The van der Waals surface area contributed by atoms with Gasteiger partial charge in [0.1, 0.15) is 11.4 Å². The molecule has 0 aliphatic heterocycles. The monoisotopic (exact) mass is 402 g/mol. The number of carboxylic acid groups (broad SMARTS) is 1. The van der Waals surface area contributed by atoms with Gasteiger partial charge in [-0.05, 0) is 43.7 Å². The summed E-state index contributed by atoms with van der Waals surface area (Å²) in [7, 11) is 0. The van der Waals surface area contributed by atoms with E-state index in [4.69, 9.17) is 0 Å². The van der Waals surface area contributed by atoms with E-state index >= 15 is 0 Å².